The quantitative estimate of drug-likeness (QED) is 0.530. The molecule has 2 unspecified atom stereocenters. The molecular weight excluding hydrogens is 122 g/mol. The Balaban J connectivity index is 2.60. The van der Waals surface area contributed by atoms with Crippen LogP contribution >= 0.6 is 0 Å². The van der Waals surface area contributed by atoms with Gasteiger partial charge in [0.25, 0.3) is 0 Å². The van der Waals surface area contributed by atoms with Crippen molar-refractivity contribution in [3.8, 4) is 0 Å². The molecule has 2 atom stereocenters. The number of hydrogen-bond donors (Lipinski definition) is 1. The van der Waals surface area contributed by atoms with E-state index in [1.165, 1.54) is 0 Å². The average Bonchev–Trinajstić information content (AvgIpc) is 1.96. The molecule has 0 aromatic heterocycles. The molecule has 1 rings (SSSR count). The summed E-state index contributed by atoms with van der Waals surface area (Å²) in [6.07, 6.45) is 6.16. The van der Waals surface area contributed by atoms with Gasteiger partial charge in [-0.25, -0.2) is 0 Å². The van der Waals surface area contributed by atoms with Gasteiger partial charge in [0.2, 0.25) is 0 Å². The molecular formula is C9H15N. The summed E-state index contributed by atoms with van der Waals surface area (Å²) in [6.45, 7) is 4.49. The van der Waals surface area contributed by atoms with Crippen LogP contribution in [-0.2, 0) is 0 Å². The Morgan fingerprint density at radius 2 is 2.10 bits per heavy atom. The first-order chi connectivity index (χ1) is 4.70. The maximum Gasteiger partial charge on any atom is 0.0313 e. The minimum absolute atomic E-state index is 0.683. The summed E-state index contributed by atoms with van der Waals surface area (Å²) in [5.41, 5.74) is 0.789. The first kappa shape index (κ1) is 7.52. The van der Waals surface area contributed by atoms with Crippen molar-refractivity contribution in [2.75, 3.05) is 0 Å². The fourth-order valence-corrected chi connectivity index (χ4v) is 1.27. The minimum Gasteiger partial charge on any atom is -0.305 e. The number of rotatable bonds is 0. The summed E-state index contributed by atoms with van der Waals surface area (Å²) in [5, 5.41) is 7.46. The van der Waals surface area contributed by atoms with Crippen LogP contribution in [0.15, 0.2) is 12.2 Å². The van der Waals surface area contributed by atoms with Gasteiger partial charge in [-0.05, 0) is 30.8 Å². The zero-order chi connectivity index (χ0) is 7.56. The Labute approximate surface area is 62.6 Å². The van der Waals surface area contributed by atoms with Crippen molar-refractivity contribution < 1.29 is 0 Å². The fraction of sp³-hybridized carbons (Fsp3) is 0.667. The monoisotopic (exact) mass is 137 g/mol. The van der Waals surface area contributed by atoms with Gasteiger partial charge in [-0.1, -0.05) is 19.9 Å². The molecule has 0 spiro atoms. The molecule has 1 aliphatic carbocycles. The molecule has 0 fully saturated rings. The van der Waals surface area contributed by atoms with Gasteiger partial charge >= 0.3 is 0 Å². The first-order valence-corrected chi connectivity index (χ1v) is 3.94. The molecule has 0 aromatic carbocycles. The molecule has 0 bridgehead atoms. The van der Waals surface area contributed by atoms with Crippen molar-refractivity contribution in [3.63, 3.8) is 0 Å². The van der Waals surface area contributed by atoms with Crippen LogP contribution in [0.2, 0.25) is 0 Å². The molecule has 0 saturated carbocycles. The Kier molecular flexibility index (Phi) is 2.25. The highest BCUT2D eigenvalue weighted by atomic mass is 14.4. The lowest BCUT2D eigenvalue weighted by Gasteiger charge is -2.14. The smallest absolute Gasteiger partial charge is 0.0313 e. The van der Waals surface area contributed by atoms with E-state index in [4.69, 9.17) is 5.41 Å². The molecule has 1 N–H and O–H groups in total. The summed E-state index contributed by atoms with van der Waals surface area (Å²) >= 11 is 0. The first-order valence-electron chi connectivity index (χ1n) is 3.94. The largest absolute Gasteiger partial charge is 0.305 e. The Morgan fingerprint density at radius 1 is 1.40 bits per heavy atom. The molecule has 0 amide bonds. The molecule has 1 nitrogen and oxygen atoms in total. The van der Waals surface area contributed by atoms with E-state index in [9.17, 15) is 0 Å². The van der Waals surface area contributed by atoms with Crippen molar-refractivity contribution in [2.24, 2.45) is 11.8 Å². The third kappa shape index (κ3) is 1.69. The maximum absolute atomic E-state index is 7.46. The second-order valence-electron chi connectivity index (χ2n) is 3.32. The van der Waals surface area contributed by atoms with Gasteiger partial charge in [0.1, 0.15) is 0 Å². The van der Waals surface area contributed by atoms with Gasteiger partial charge in [-0.3, -0.25) is 0 Å². The van der Waals surface area contributed by atoms with E-state index < -0.39 is 0 Å². The second kappa shape index (κ2) is 3.00. The van der Waals surface area contributed by atoms with E-state index in [-0.39, 0.29) is 0 Å². The molecule has 0 saturated heterocycles. The van der Waals surface area contributed by atoms with E-state index in [1.807, 2.05) is 6.08 Å². The summed E-state index contributed by atoms with van der Waals surface area (Å²) < 4.78 is 0. The zero-order valence-electron chi connectivity index (χ0n) is 6.72. The normalized spacial score (nSPS) is 34.0. The highest BCUT2D eigenvalue weighted by molar-refractivity contribution is 5.92. The zero-order valence-corrected chi connectivity index (χ0v) is 6.72. The maximum atomic E-state index is 7.46. The Hall–Kier alpha value is -0.590. The van der Waals surface area contributed by atoms with Crippen LogP contribution in [0.5, 0.6) is 0 Å². The van der Waals surface area contributed by atoms with Crippen LogP contribution in [0.4, 0.5) is 0 Å². The van der Waals surface area contributed by atoms with Gasteiger partial charge in [-0.2, -0.15) is 0 Å². The minimum atomic E-state index is 0.683. The van der Waals surface area contributed by atoms with E-state index in [0.717, 1.165) is 24.5 Å². The highest BCUT2D eigenvalue weighted by Gasteiger charge is 2.14. The van der Waals surface area contributed by atoms with Crippen LogP contribution in [0.1, 0.15) is 26.7 Å². The van der Waals surface area contributed by atoms with Crippen LogP contribution < -0.4 is 0 Å². The van der Waals surface area contributed by atoms with E-state index in [1.54, 1.807) is 0 Å². The van der Waals surface area contributed by atoms with Crippen molar-refractivity contribution in [2.45, 2.75) is 26.7 Å². The number of hydrogen-bond acceptors (Lipinski definition) is 1. The number of allylic oxidation sites excluding steroid dienone is 2. The lowest BCUT2D eigenvalue weighted by Crippen LogP contribution is -2.08. The third-order valence-corrected chi connectivity index (χ3v) is 2.34. The topological polar surface area (TPSA) is 23.9 Å². The predicted molar refractivity (Wildman–Crippen MR) is 44.4 cm³/mol. The van der Waals surface area contributed by atoms with Crippen LogP contribution in [0.25, 0.3) is 0 Å². The molecule has 1 heteroatoms. The third-order valence-electron chi connectivity index (χ3n) is 2.34. The number of nitrogens with one attached hydrogen (secondary N) is 1. The average molecular weight is 137 g/mol. The van der Waals surface area contributed by atoms with Crippen LogP contribution in [0.3, 0.4) is 0 Å². The molecule has 0 heterocycles. The standard InChI is InChI=1S/C9H15N/c1-7-4-3-5-9(10)6-8(7)2/h3,5,7-8,10H,4,6H2,1-2H3. The Morgan fingerprint density at radius 3 is 2.80 bits per heavy atom. The van der Waals surface area contributed by atoms with Gasteiger partial charge < -0.3 is 5.41 Å². The Bertz CT molecular complexity index is 158. The lowest BCUT2D eigenvalue weighted by atomic mass is 9.91. The summed E-state index contributed by atoms with van der Waals surface area (Å²) in [4.78, 5) is 0. The molecule has 0 aliphatic heterocycles. The van der Waals surface area contributed by atoms with E-state index in [0.29, 0.717) is 5.92 Å². The summed E-state index contributed by atoms with van der Waals surface area (Å²) in [7, 11) is 0. The summed E-state index contributed by atoms with van der Waals surface area (Å²) in [6, 6.07) is 0. The molecule has 1 aliphatic rings. The van der Waals surface area contributed by atoms with Gasteiger partial charge in [0.05, 0.1) is 0 Å². The second-order valence-corrected chi connectivity index (χ2v) is 3.32. The van der Waals surface area contributed by atoms with Gasteiger partial charge in [-0.15, -0.1) is 0 Å². The SMILES string of the molecule is CC1CC=CC(=N)CC1C. The van der Waals surface area contributed by atoms with Crippen molar-refractivity contribution >= 4 is 5.71 Å². The molecule has 10 heavy (non-hydrogen) atoms. The van der Waals surface area contributed by atoms with Crippen molar-refractivity contribution in [3.05, 3.63) is 12.2 Å². The molecule has 56 valence electrons. The van der Waals surface area contributed by atoms with Crippen LogP contribution in [0, 0.1) is 17.2 Å². The molecule has 0 radical (unpaired) electrons. The van der Waals surface area contributed by atoms with Gasteiger partial charge in [0, 0.05) is 5.71 Å². The van der Waals surface area contributed by atoms with Crippen molar-refractivity contribution in [1.29, 1.82) is 5.41 Å². The van der Waals surface area contributed by atoms with Gasteiger partial charge in [0.15, 0.2) is 0 Å². The van der Waals surface area contributed by atoms with E-state index in [2.05, 4.69) is 19.9 Å². The van der Waals surface area contributed by atoms with Crippen LogP contribution in [-0.4, -0.2) is 5.71 Å². The highest BCUT2D eigenvalue weighted by Crippen LogP contribution is 2.22. The fourth-order valence-electron chi connectivity index (χ4n) is 1.27. The van der Waals surface area contributed by atoms with Crippen molar-refractivity contribution in [1.82, 2.24) is 0 Å². The predicted octanol–water partition coefficient (Wildman–Crippen LogP) is 2.63. The van der Waals surface area contributed by atoms with E-state index >= 15 is 0 Å². The molecule has 0 aromatic rings. The lowest BCUT2D eigenvalue weighted by molar-refractivity contribution is 0.407. The summed E-state index contributed by atoms with van der Waals surface area (Å²) in [5.74, 6) is 1.43.